The predicted octanol–water partition coefficient (Wildman–Crippen LogP) is 5.62. The van der Waals surface area contributed by atoms with Crippen LogP contribution in [0.1, 0.15) is 41.9 Å². The van der Waals surface area contributed by atoms with Crippen LogP contribution in [-0.4, -0.2) is 41.1 Å². The molecule has 4 rings (SSSR count). The summed E-state index contributed by atoms with van der Waals surface area (Å²) in [5.41, 5.74) is 2.44. The van der Waals surface area contributed by atoms with E-state index in [-0.39, 0.29) is 24.4 Å². The Morgan fingerprint density at radius 2 is 2.17 bits per heavy atom. The van der Waals surface area contributed by atoms with Crippen LogP contribution in [-0.2, 0) is 0 Å². The molecule has 7 nitrogen and oxygen atoms in total. The van der Waals surface area contributed by atoms with Crippen molar-refractivity contribution in [3.63, 3.8) is 0 Å². The highest BCUT2D eigenvalue weighted by atomic mass is 35.5. The molecule has 0 aliphatic carbocycles. The topological polar surface area (TPSA) is 94.9 Å². The van der Waals surface area contributed by atoms with Crippen molar-refractivity contribution in [1.29, 1.82) is 5.41 Å². The van der Waals surface area contributed by atoms with Crippen LogP contribution in [0.25, 0.3) is 11.1 Å². The lowest BCUT2D eigenvalue weighted by Crippen LogP contribution is -2.45. The zero-order valence-corrected chi connectivity index (χ0v) is 17.3. The van der Waals surface area contributed by atoms with Crippen LogP contribution in [0.2, 0.25) is 5.02 Å². The van der Waals surface area contributed by atoms with E-state index in [1.54, 1.807) is 24.3 Å². The first-order valence-corrected chi connectivity index (χ1v) is 10.3. The summed E-state index contributed by atoms with van der Waals surface area (Å²) in [6.07, 6.45) is 2.92. The SMILES string of the molecule is C[C@@H]1CCC(c2nc3cc(Cl)ccc3o2)CN1C(=O)c1ccccc1N=NCC=N. The summed E-state index contributed by atoms with van der Waals surface area (Å²) in [6, 6.07) is 12.6. The molecule has 8 heteroatoms. The molecule has 1 amide bonds. The van der Waals surface area contributed by atoms with Gasteiger partial charge in [-0.25, -0.2) is 4.98 Å². The second-order valence-electron chi connectivity index (χ2n) is 7.39. The zero-order chi connectivity index (χ0) is 21.1. The molecule has 1 aromatic heterocycles. The molecule has 0 bridgehead atoms. The fraction of sp³-hybridized carbons (Fsp3) is 0.318. The van der Waals surface area contributed by atoms with Gasteiger partial charge in [0.1, 0.15) is 5.52 Å². The lowest BCUT2D eigenvalue weighted by Gasteiger charge is -2.37. The number of hydrogen-bond acceptors (Lipinski definition) is 6. The van der Waals surface area contributed by atoms with Gasteiger partial charge in [-0.2, -0.15) is 10.2 Å². The average Bonchev–Trinajstić information content (AvgIpc) is 3.17. The zero-order valence-electron chi connectivity index (χ0n) is 16.6. The maximum Gasteiger partial charge on any atom is 0.256 e. The Hall–Kier alpha value is -3.06. The van der Waals surface area contributed by atoms with Gasteiger partial charge >= 0.3 is 0 Å². The molecule has 1 fully saturated rings. The van der Waals surface area contributed by atoms with E-state index in [0.29, 0.717) is 34.3 Å². The number of piperidine rings is 1. The van der Waals surface area contributed by atoms with Gasteiger partial charge < -0.3 is 14.7 Å². The number of oxazole rings is 1. The maximum atomic E-state index is 13.4. The Morgan fingerprint density at radius 3 is 3.00 bits per heavy atom. The summed E-state index contributed by atoms with van der Waals surface area (Å²) in [5.74, 6) is 0.565. The minimum atomic E-state index is -0.0873. The fourth-order valence-corrected chi connectivity index (χ4v) is 3.91. The molecule has 1 aliphatic rings. The van der Waals surface area contributed by atoms with Crippen molar-refractivity contribution in [3.05, 3.63) is 58.9 Å². The monoisotopic (exact) mass is 423 g/mol. The van der Waals surface area contributed by atoms with E-state index < -0.39 is 0 Å². The number of benzene rings is 2. The molecule has 1 saturated heterocycles. The van der Waals surface area contributed by atoms with Crippen LogP contribution in [0.3, 0.4) is 0 Å². The second-order valence-corrected chi connectivity index (χ2v) is 7.83. The molecule has 3 aromatic rings. The van der Waals surface area contributed by atoms with E-state index in [2.05, 4.69) is 22.1 Å². The first-order valence-electron chi connectivity index (χ1n) is 9.89. The molecular formula is C22H22ClN5O2. The van der Waals surface area contributed by atoms with E-state index in [0.717, 1.165) is 18.4 Å². The van der Waals surface area contributed by atoms with Gasteiger partial charge in [0.2, 0.25) is 0 Å². The molecule has 0 radical (unpaired) electrons. The number of aromatic nitrogens is 1. The molecule has 154 valence electrons. The summed E-state index contributed by atoms with van der Waals surface area (Å²) < 4.78 is 5.96. The number of carbonyl (C=O) groups excluding carboxylic acids is 1. The number of amides is 1. The standard InChI is InChI=1S/C22H22ClN5O2/c1-14-6-7-15(21-26-19-12-16(23)8-9-20(19)30-21)13-28(14)22(29)17-4-2-3-5-18(17)27-25-11-10-24/h2-5,8-10,12,14-15,24H,6-7,11,13H2,1H3/t14-,15?/m1/s1. The second kappa shape index (κ2) is 8.75. The van der Waals surface area contributed by atoms with Gasteiger partial charge in [0, 0.05) is 23.8 Å². The van der Waals surface area contributed by atoms with E-state index >= 15 is 0 Å². The predicted molar refractivity (Wildman–Crippen MR) is 116 cm³/mol. The Kier molecular flexibility index (Phi) is 5.90. The van der Waals surface area contributed by atoms with Crippen molar-refractivity contribution in [1.82, 2.24) is 9.88 Å². The lowest BCUT2D eigenvalue weighted by atomic mass is 9.92. The molecular weight excluding hydrogens is 402 g/mol. The van der Waals surface area contributed by atoms with Gasteiger partial charge in [0.05, 0.1) is 23.7 Å². The first kappa shape index (κ1) is 20.2. The first-order chi connectivity index (χ1) is 14.6. The highest BCUT2D eigenvalue weighted by molar-refractivity contribution is 6.31. The third-order valence-corrected chi connectivity index (χ3v) is 5.58. The van der Waals surface area contributed by atoms with Crippen LogP contribution in [0.5, 0.6) is 0 Å². The van der Waals surface area contributed by atoms with Crippen molar-refractivity contribution in [2.45, 2.75) is 31.7 Å². The molecule has 0 spiro atoms. The number of nitrogens with one attached hydrogen (secondary N) is 1. The number of rotatable bonds is 5. The Balaban J connectivity index is 1.59. The highest BCUT2D eigenvalue weighted by Gasteiger charge is 2.33. The third kappa shape index (κ3) is 4.11. The number of nitrogens with zero attached hydrogens (tertiary/aromatic N) is 4. The van der Waals surface area contributed by atoms with Crippen molar-refractivity contribution in [2.24, 2.45) is 10.2 Å². The largest absolute Gasteiger partial charge is 0.440 e. The van der Waals surface area contributed by atoms with Crippen molar-refractivity contribution >= 4 is 40.5 Å². The summed E-state index contributed by atoms with van der Waals surface area (Å²) in [5, 5.41) is 15.8. The Labute approximate surface area is 179 Å². The minimum Gasteiger partial charge on any atom is -0.440 e. The van der Waals surface area contributed by atoms with Gasteiger partial charge in [-0.3, -0.25) is 4.79 Å². The van der Waals surface area contributed by atoms with E-state index in [4.69, 9.17) is 21.4 Å². The number of carbonyl (C=O) groups is 1. The van der Waals surface area contributed by atoms with E-state index in [1.165, 1.54) is 6.21 Å². The van der Waals surface area contributed by atoms with Gasteiger partial charge in [0.25, 0.3) is 5.91 Å². The summed E-state index contributed by atoms with van der Waals surface area (Å²) >= 11 is 6.06. The molecule has 1 N–H and O–H groups in total. The van der Waals surface area contributed by atoms with Crippen LogP contribution >= 0.6 is 11.6 Å². The number of hydrogen-bond donors (Lipinski definition) is 1. The van der Waals surface area contributed by atoms with E-state index in [9.17, 15) is 4.79 Å². The molecule has 30 heavy (non-hydrogen) atoms. The fourth-order valence-electron chi connectivity index (χ4n) is 3.74. The summed E-state index contributed by atoms with van der Waals surface area (Å²) in [4.78, 5) is 19.8. The Bertz CT molecular complexity index is 1110. The molecule has 2 heterocycles. The molecule has 2 aromatic carbocycles. The quantitative estimate of drug-likeness (QED) is 0.426. The molecule has 0 saturated carbocycles. The maximum absolute atomic E-state index is 13.4. The van der Waals surface area contributed by atoms with Crippen LogP contribution in [0.4, 0.5) is 5.69 Å². The van der Waals surface area contributed by atoms with Gasteiger partial charge in [-0.1, -0.05) is 23.7 Å². The minimum absolute atomic E-state index is 0.0167. The molecule has 2 atom stereocenters. The Morgan fingerprint density at radius 1 is 1.33 bits per heavy atom. The molecule has 1 unspecified atom stereocenters. The lowest BCUT2D eigenvalue weighted by molar-refractivity contribution is 0.0598. The van der Waals surface area contributed by atoms with Crippen molar-refractivity contribution in [2.75, 3.05) is 13.1 Å². The van der Waals surface area contributed by atoms with Crippen molar-refractivity contribution < 1.29 is 9.21 Å². The van der Waals surface area contributed by atoms with Crippen LogP contribution in [0, 0.1) is 5.41 Å². The van der Waals surface area contributed by atoms with Gasteiger partial charge in [-0.05, 0) is 50.1 Å². The van der Waals surface area contributed by atoms with Crippen LogP contribution < -0.4 is 0 Å². The summed E-state index contributed by atoms with van der Waals surface area (Å²) in [6.45, 7) is 2.76. The normalized spacial score (nSPS) is 19.5. The van der Waals surface area contributed by atoms with Gasteiger partial charge in [-0.15, -0.1) is 0 Å². The average molecular weight is 424 g/mol. The summed E-state index contributed by atoms with van der Waals surface area (Å²) in [7, 11) is 0. The number of azo groups is 1. The molecule has 1 aliphatic heterocycles. The van der Waals surface area contributed by atoms with Crippen molar-refractivity contribution in [3.8, 4) is 0 Å². The van der Waals surface area contributed by atoms with E-state index in [1.807, 2.05) is 23.1 Å². The number of likely N-dealkylation sites (tertiary alicyclic amines) is 1. The number of halogens is 1. The number of fused-ring (bicyclic) bond motifs is 1. The highest BCUT2D eigenvalue weighted by Crippen LogP contribution is 2.34. The van der Waals surface area contributed by atoms with Crippen LogP contribution in [0.15, 0.2) is 57.1 Å². The third-order valence-electron chi connectivity index (χ3n) is 5.34. The van der Waals surface area contributed by atoms with Gasteiger partial charge in [0.15, 0.2) is 11.5 Å². The smallest absolute Gasteiger partial charge is 0.256 e.